The van der Waals surface area contributed by atoms with Gasteiger partial charge in [0.05, 0.1) is 0 Å². The van der Waals surface area contributed by atoms with Gasteiger partial charge in [0.2, 0.25) is 0 Å². The van der Waals surface area contributed by atoms with Gasteiger partial charge in [0, 0.05) is 15.9 Å². The number of aromatic amines is 1. The van der Waals surface area contributed by atoms with Crippen molar-refractivity contribution in [3.05, 3.63) is 70.7 Å². The molecular formula is C17H14BrN. The van der Waals surface area contributed by atoms with Crippen molar-refractivity contribution < 1.29 is 0 Å². The van der Waals surface area contributed by atoms with Gasteiger partial charge in [-0.25, -0.2) is 0 Å². The minimum atomic E-state index is 1.10. The smallest absolute Gasteiger partial charge is 0.0488 e. The van der Waals surface area contributed by atoms with Crippen LogP contribution in [-0.2, 0) is 0 Å². The summed E-state index contributed by atoms with van der Waals surface area (Å²) in [4.78, 5) is 3.52. The monoisotopic (exact) mass is 311 g/mol. The summed E-state index contributed by atoms with van der Waals surface area (Å²) in [6.45, 7) is 2.14. The summed E-state index contributed by atoms with van der Waals surface area (Å²) >= 11 is 3.47. The second kappa shape index (κ2) is 5.06. The third-order valence-corrected chi connectivity index (χ3v) is 3.76. The highest BCUT2D eigenvalue weighted by molar-refractivity contribution is 9.10. The molecule has 1 N–H and O–H groups in total. The molecule has 0 fully saturated rings. The fourth-order valence-electron chi connectivity index (χ4n) is 2.25. The molecule has 0 amide bonds. The first-order chi connectivity index (χ1) is 9.24. The van der Waals surface area contributed by atoms with E-state index in [1.54, 1.807) is 0 Å². The highest BCUT2D eigenvalue weighted by Crippen LogP contribution is 2.29. The molecule has 0 aliphatic heterocycles. The van der Waals surface area contributed by atoms with Crippen LogP contribution in [0.4, 0.5) is 0 Å². The molecule has 3 aromatic rings. The van der Waals surface area contributed by atoms with Crippen LogP contribution in [0.25, 0.3) is 22.5 Å². The second-order valence-corrected chi connectivity index (χ2v) is 5.53. The summed E-state index contributed by atoms with van der Waals surface area (Å²) in [5.41, 5.74) is 6.04. The van der Waals surface area contributed by atoms with Crippen molar-refractivity contribution in [1.82, 2.24) is 4.98 Å². The van der Waals surface area contributed by atoms with E-state index in [1.807, 2.05) is 6.07 Å². The number of halogens is 1. The van der Waals surface area contributed by atoms with Crippen LogP contribution in [0.1, 0.15) is 5.56 Å². The number of aryl methyl sites for hydroxylation is 1. The molecule has 1 aromatic heterocycles. The molecule has 0 saturated carbocycles. The van der Waals surface area contributed by atoms with E-state index in [2.05, 4.69) is 82.4 Å². The molecule has 0 spiro atoms. The Morgan fingerprint density at radius 1 is 0.842 bits per heavy atom. The quantitative estimate of drug-likeness (QED) is 0.650. The molecular weight excluding hydrogens is 298 g/mol. The van der Waals surface area contributed by atoms with Crippen LogP contribution >= 0.6 is 15.9 Å². The van der Waals surface area contributed by atoms with Crippen molar-refractivity contribution >= 4 is 15.9 Å². The lowest BCUT2D eigenvalue weighted by Crippen LogP contribution is -1.81. The van der Waals surface area contributed by atoms with Crippen molar-refractivity contribution in [1.29, 1.82) is 0 Å². The van der Waals surface area contributed by atoms with Gasteiger partial charge in [-0.2, -0.15) is 0 Å². The third-order valence-electron chi connectivity index (χ3n) is 3.23. The molecule has 0 radical (unpaired) electrons. The molecule has 0 aliphatic carbocycles. The summed E-state index contributed by atoms with van der Waals surface area (Å²) in [5, 5.41) is 0. The number of rotatable bonds is 2. The van der Waals surface area contributed by atoms with Gasteiger partial charge in [-0.3, -0.25) is 0 Å². The Balaban J connectivity index is 2.05. The van der Waals surface area contributed by atoms with Gasteiger partial charge < -0.3 is 4.98 Å². The Bertz CT molecular complexity index is 681. The number of hydrogen-bond donors (Lipinski definition) is 1. The lowest BCUT2D eigenvalue weighted by molar-refractivity contribution is 1.37. The molecule has 1 nitrogen and oxygen atoms in total. The van der Waals surface area contributed by atoms with E-state index < -0.39 is 0 Å². The van der Waals surface area contributed by atoms with Crippen molar-refractivity contribution in [2.75, 3.05) is 0 Å². The Morgan fingerprint density at radius 3 is 2.21 bits per heavy atom. The van der Waals surface area contributed by atoms with Crippen molar-refractivity contribution in [3.8, 4) is 22.5 Å². The van der Waals surface area contributed by atoms with E-state index in [0.29, 0.717) is 0 Å². The minimum absolute atomic E-state index is 1.10. The SMILES string of the molecule is Cc1cc(-c2ccccc2)[nH]c1-c1ccc(Br)cc1. The minimum Gasteiger partial charge on any atom is -0.354 e. The van der Waals surface area contributed by atoms with E-state index in [9.17, 15) is 0 Å². The zero-order chi connectivity index (χ0) is 13.2. The van der Waals surface area contributed by atoms with Gasteiger partial charge in [0.25, 0.3) is 0 Å². The third kappa shape index (κ3) is 2.49. The predicted octanol–water partition coefficient (Wildman–Crippen LogP) is 5.42. The van der Waals surface area contributed by atoms with Crippen molar-refractivity contribution in [2.45, 2.75) is 6.92 Å². The zero-order valence-corrected chi connectivity index (χ0v) is 12.2. The van der Waals surface area contributed by atoms with Gasteiger partial charge in [-0.15, -0.1) is 0 Å². The number of hydrogen-bond acceptors (Lipinski definition) is 0. The van der Waals surface area contributed by atoms with Crippen LogP contribution in [0.3, 0.4) is 0 Å². The molecule has 0 atom stereocenters. The molecule has 3 rings (SSSR count). The van der Waals surface area contributed by atoms with E-state index in [4.69, 9.17) is 0 Å². The summed E-state index contributed by atoms with van der Waals surface area (Å²) in [6, 6.07) is 21.0. The van der Waals surface area contributed by atoms with E-state index in [-0.39, 0.29) is 0 Å². The van der Waals surface area contributed by atoms with Crippen molar-refractivity contribution in [3.63, 3.8) is 0 Å². The molecule has 0 aliphatic rings. The van der Waals surface area contributed by atoms with Crippen LogP contribution in [0.2, 0.25) is 0 Å². The molecule has 2 aromatic carbocycles. The first kappa shape index (κ1) is 12.2. The standard InChI is InChI=1S/C17H14BrN/c1-12-11-16(13-5-3-2-4-6-13)19-17(12)14-7-9-15(18)10-8-14/h2-11,19H,1H3. The largest absolute Gasteiger partial charge is 0.354 e. The fraction of sp³-hybridized carbons (Fsp3) is 0.0588. The van der Waals surface area contributed by atoms with E-state index in [0.717, 1.165) is 10.2 Å². The molecule has 1 heterocycles. The zero-order valence-electron chi connectivity index (χ0n) is 10.7. The lowest BCUT2D eigenvalue weighted by Gasteiger charge is -2.01. The highest BCUT2D eigenvalue weighted by atomic mass is 79.9. The number of aromatic nitrogens is 1. The summed E-state index contributed by atoms with van der Waals surface area (Å²) in [5.74, 6) is 0. The Morgan fingerprint density at radius 2 is 1.53 bits per heavy atom. The van der Waals surface area contributed by atoms with Gasteiger partial charge in [-0.1, -0.05) is 58.4 Å². The first-order valence-electron chi connectivity index (χ1n) is 6.25. The van der Waals surface area contributed by atoms with Crippen LogP contribution in [0.15, 0.2) is 65.1 Å². The van der Waals surface area contributed by atoms with E-state index in [1.165, 1.54) is 22.4 Å². The van der Waals surface area contributed by atoms with Crippen LogP contribution < -0.4 is 0 Å². The number of H-pyrrole nitrogens is 1. The Labute approximate surface area is 121 Å². The average Bonchev–Trinajstić information content (AvgIpc) is 2.83. The second-order valence-electron chi connectivity index (χ2n) is 4.61. The average molecular weight is 312 g/mol. The normalized spacial score (nSPS) is 10.6. The van der Waals surface area contributed by atoms with Crippen LogP contribution in [-0.4, -0.2) is 4.98 Å². The maximum absolute atomic E-state index is 3.52. The molecule has 2 heteroatoms. The molecule has 19 heavy (non-hydrogen) atoms. The fourth-order valence-corrected chi connectivity index (χ4v) is 2.51. The lowest BCUT2D eigenvalue weighted by atomic mass is 10.1. The predicted molar refractivity (Wildman–Crippen MR) is 84.1 cm³/mol. The molecule has 0 saturated heterocycles. The molecule has 0 unspecified atom stereocenters. The van der Waals surface area contributed by atoms with E-state index >= 15 is 0 Å². The van der Waals surface area contributed by atoms with Gasteiger partial charge in [-0.05, 0) is 41.8 Å². The molecule has 94 valence electrons. The maximum Gasteiger partial charge on any atom is 0.0488 e. The summed E-state index contributed by atoms with van der Waals surface area (Å²) in [7, 11) is 0. The van der Waals surface area contributed by atoms with Gasteiger partial charge in [0.1, 0.15) is 0 Å². The topological polar surface area (TPSA) is 15.8 Å². The highest BCUT2D eigenvalue weighted by Gasteiger charge is 2.07. The van der Waals surface area contributed by atoms with Crippen LogP contribution in [0.5, 0.6) is 0 Å². The van der Waals surface area contributed by atoms with Crippen LogP contribution in [0, 0.1) is 6.92 Å². The Kier molecular flexibility index (Phi) is 3.26. The molecule has 0 bridgehead atoms. The maximum atomic E-state index is 3.52. The van der Waals surface area contributed by atoms with Gasteiger partial charge in [0.15, 0.2) is 0 Å². The first-order valence-corrected chi connectivity index (χ1v) is 7.04. The van der Waals surface area contributed by atoms with Gasteiger partial charge >= 0.3 is 0 Å². The summed E-state index contributed by atoms with van der Waals surface area (Å²) < 4.78 is 1.10. The Hall–Kier alpha value is -1.80. The number of benzene rings is 2. The van der Waals surface area contributed by atoms with Crippen molar-refractivity contribution in [2.24, 2.45) is 0 Å². The summed E-state index contributed by atoms with van der Waals surface area (Å²) in [6.07, 6.45) is 0. The number of nitrogens with one attached hydrogen (secondary N) is 1.